The van der Waals surface area contributed by atoms with Crippen LogP contribution in [0.3, 0.4) is 0 Å². The lowest BCUT2D eigenvalue weighted by molar-refractivity contribution is 0.211. The van der Waals surface area contributed by atoms with Crippen LogP contribution in [0.2, 0.25) is 5.02 Å². The molecule has 1 fully saturated rings. The molecule has 0 atom stereocenters. The first-order valence-corrected chi connectivity index (χ1v) is 7.16. The minimum Gasteiger partial charge on any atom is -0.492 e. The van der Waals surface area contributed by atoms with E-state index in [1.165, 1.54) is 12.8 Å². The first-order valence-electron chi connectivity index (χ1n) is 6.79. The van der Waals surface area contributed by atoms with Gasteiger partial charge >= 0.3 is 0 Å². The summed E-state index contributed by atoms with van der Waals surface area (Å²) in [6, 6.07) is 6.33. The summed E-state index contributed by atoms with van der Waals surface area (Å²) >= 11 is 6.05. The number of hydrogen-bond acceptors (Lipinski definition) is 2. The lowest BCUT2D eigenvalue weighted by Crippen LogP contribution is -2.38. The molecular formula is C15H22ClNO. The van der Waals surface area contributed by atoms with Crippen LogP contribution in [0.1, 0.15) is 33.6 Å². The van der Waals surface area contributed by atoms with E-state index in [0.717, 1.165) is 28.3 Å². The number of nitrogens with one attached hydrogen (secondary N) is 1. The molecule has 1 aliphatic rings. The molecule has 0 aromatic heterocycles. The number of halogens is 1. The van der Waals surface area contributed by atoms with Gasteiger partial charge in [0.05, 0.1) is 12.3 Å². The van der Waals surface area contributed by atoms with Crippen molar-refractivity contribution < 1.29 is 4.74 Å². The summed E-state index contributed by atoms with van der Waals surface area (Å²) in [6.07, 6.45) is 2.49. The number of hydrogen-bond donors (Lipinski definition) is 1. The monoisotopic (exact) mass is 267 g/mol. The third kappa shape index (κ3) is 3.11. The largest absolute Gasteiger partial charge is 0.492 e. The molecule has 1 aliphatic carbocycles. The standard InChI is InChI=1S/C15H22ClNO/c1-4-18-15-6-5-12(16)9-14(15)17-13-7-11(8-13)10(2)3/h5-6,9-11,13,17H,4,7-8H2,1-3H3. The summed E-state index contributed by atoms with van der Waals surface area (Å²) in [5, 5.41) is 4.30. The van der Waals surface area contributed by atoms with Gasteiger partial charge in [0.15, 0.2) is 0 Å². The molecule has 3 heteroatoms. The van der Waals surface area contributed by atoms with Crippen LogP contribution in [0, 0.1) is 11.8 Å². The molecule has 100 valence electrons. The molecule has 1 N–H and O–H groups in total. The maximum atomic E-state index is 6.05. The summed E-state index contributed by atoms with van der Waals surface area (Å²) in [5.74, 6) is 2.54. The number of benzene rings is 1. The van der Waals surface area contributed by atoms with Crippen molar-refractivity contribution in [1.82, 2.24) is 0 Å². The Morgan fingerprint density at radius 1 is 1.39 bits per heavy atom. The first-order chi connectivity index (χ1) is 8.60. The molecule has 18 heavy (non-hydrogen) atoms. The average Bonchev–Trinajstić information content (AvgIpc) is 2.26. The average molecular weight is 268 g/mol. The van der Waals surface area contributed by atoms with E-state index in [1.807, 2.05) is 25.1 Å². The second kappa shape index (κ2) is 5.83. The van der Waals surface area contributed by atoms with E-state index in [0.29, 0.717) is 12.6 Å². The smallest absolute Gasteiger partial charge is 0.142 e. The van der Waals surface area contributed by atoms with Gasteiger partial charge < -0.3 is 10.1 Å². The Morgan fingerprint density at radius 2 is 2.11 bits per heavy atom. The summed E-state index contributed by atoms with van der Waals surface area (Å²) < 4.78 is 5.61. The van der Waals surface area contributed by atoms with Crippen molar-refractivity contribution >= 4 is 17.3 Å². The van der Waals surface area contributed by atoms with Crippen LogP contribution in [-0.4, -0.2) is 12.6 Å². The van der Waals surface area contributed by atoms with Crippen LogP contribution in [0.4, 0.5) is 5.69 Å². The van der Waals surface area contributed by atoms with Gasteiger partial charge in [-0.05, 0) is 49.8 Å². The molecule has 0 heterocycles. The van der Waals surface area contributed by atoms with Gasteiger partial charge in [-0.15, -0.1) is 0 Å². The Balaban J connectivity index is 1.98. The highest BCUT2D eigenvalue weighted by molar-refractivity contribution is 6.30. The predicted octanol–water partition coefficient (Wildman–Crippen LogP) is 4.59. The number of rotatable bonds is 5. The maximum absolute atomic E-state index is 6.05. The van der Waals surface area contributed by atoms with Crippen LogP contribution in [0.5, 0.6) is 5.75 Å². The van der Waals surface area contributed by atoms with Gasteiger partial charge in [-0.1, -0.05) is 25.4 Å². The first kappa shape index (κ1) is 13.5. The van der Waals surface area contributed by atoms with E-state index in [1.54, 1.807) is 0 Å². The van der Waals surface area contributed by atoms with Crippen LogP contribution in [0.15, 0.2) is 18.2 Å². The second-order valence-electron chi connectivity index (χ2n) is 5.39. The van der Waals surface area contributed by atoms with E-state index in [9.17, 15) is 0 Å². The second-order valence-corrected chi connectivity index (χ2v) is 5.83. The van der Waals surface area contributed by atoms with Crippen LogP contribution in [0.25, 0.3) is 0 Å². The zero-order chi connectivity index (χ0) is 13.1. The Morgan fingerprint density at radius 3 is 2.72 bits per heavy atom. The summed E-state index contributed by atoms with van der Waals surface area (Å²) in [4.78, 5) is 0. The molecule has 2 nitrogen and oxygen atoms in total. The predicted molar refractivity (Wildman–Crippen MR) is 77.6 cm³/mol. The molecule has 1 aromatic carbocycles. The molecule has 0 bridgehead atoms. The van der Waals surface area contributed by atoms with Gasteiger partial charge in [-0.2, -0.15) is 0 Å². The SMILES string of the molecule is CCOc1ccc(Cl)cc1NC1CC(C(C)C)C1. The van der Waals surface area contributed by atoms with Gasteiger partial charge in [0.25, 0.3) is 0 Å². The zero-order valence-electron chi connectivity index (χ0n) is 11.4. The third-order valence-corrected chi connectivity index (χ3v) is 3.95. The molecule has 1 aromatic rings. The molecule has 0 radical (unpaired) electrons. The van der Waals surface area contributed by atoms with E-state index in [4.69, 9.17) is 16.3 Å². The molecule has 0 saturated heterocycles. The van der Waals surface area contributed by atoms with Crippen molar-refractivity contribution in [1.29, 1.82) is 0 Å². The molecule has 0 amide bonds. The zero-order valence-corrected chi connectivity index (χ0v) is 12.1. The Kier molecular flexibility index (Phi) is 4.39. The minimum atomic E-state index is 0.565. The normalized spacial score (nSPS) is 22.7. The van der Waals surface area contributed by atoms with E-state index in [2.05, 4.69) is 19.2 Å². The third-order valence-electron chi connectivity index (χ3n) is 3.72. The van der Waals surface area contributed by atoms with E-state index < -0.39 is 0 Å². The lowest BCUT2D eigenvalue weighted by atomic mass is 9.73. The van der Waals surface area contributed by atoms with Crippen LogP contribution < -0.4 is 10.1 Å². The van der Waals surface area contributed by atoms with Gasteiger partial charge in [0.2, 0.25) is 0 Å². The minimum absolute atomic E-state index is 0.565. The van der Waals surface area contributed by atoms with Crippen molar-refractivity contribution in [3.8, 4) is 5.75 Å². The number of anilines is 1. The van der Waals surface area contributed by atoms with Crippen LogP contribution >= 0.6 is 11.6 Å². The quantitative estimate of drug-likeness (QED) is 0.843. The summed E-state index contributed by atoms with van der Waals surface area (Å²) in [5.41, 5.74) is 1.02. The van der Waals surface area contributed by atoms with Crippen molar-refractivity contribution in [3.63, 3.8) is 0 Å². The van der Waals surface area contributed by atoms with Crippen molar-refractivity contribution in [2.24, 2.45) is 11.8 Å². The molecule has 0 spiro atoms. The van der Waals surface area contributed by atoms with E-state index >= 15 is 0 Å². The maximum Gasteiger partial charge on any atom is 0.142 e. The fourth-order valence-electron chi connectivity index (χ4n) is 2.44. The van der Waals surface area contributed by atoms with Gasteiger partial charge in [-0.3, -0.25) is 0 Å². The molecular weight excluding hydrogens is 246 g/mol. The molecule has 2 rings (SSSR count). The summed E-state index contributed by atoms with van der Waals surface area (Å²) in [6.45, 7) is 7.27. The van der Waals surface area contributed by atoms with Gasteiger partial charge in [-0.25, -0.2) is 0 Å². The van der Waals surface area contributed by atoms with Crippen molar-refractivity contribution in [2.45, 2.75) is 39.7 Å². The van der Waals surface area contributed by atoms with E-state index in [-0.39, 0.29) is 0 Å². The Bertz CT molecular complexity index is 399. The van der Waals surface area contributed by atoms with Gasteiger partial charge in [0, 0.05) is 11.1 Å². The molecule has 0 unspecified atom stereocenters. The Hall–Kier alpha value is -0.890. The van der Waals surface area contributed by atoms with Crippen molar-refractivity contribution in [2.75, 3.05) is 11.9 Å². The fraction of sp³-hybridized carbons (Fsp3) is 0.600. The highest BCUT2D eigenvalue weighted by Gasteiger charge is 2.31. The lowest BCUT2D eigenvalue weighted by Gasteiger charge is -2.39. The molecule has 0 aliphatic heterocycles. The fourth-order valence-corrected chi connectivity index (χ4v) is 2.61. The highest BCUT2D eigenvalue weighted by atomic mass is 35.5. The van der Waals surface area contributed by atoms with Crippen LogP contribution in [-0.2, 0) is 0 Å². The topological polar surface area (TPSA) is 21.3 Å². The summed E-state index contributed by atoms with van der Waals surface area (Å²) in [7, 11) is 0. The van der Waals surface area contributed by atoms with Gasteiger partial charge in [0.1, 0.15) is 5.75 Å². The molecule has 1 saturated carbocycles. The van der Waals surface area contributed by atoms with Crippen molar-refractivity contribution in [3.05, 3.63) is 23.2 Å². The Labute approximate surface area is 115 Å². The highest BCUT2D eigenvalue weighted by Crippen LogP contribution is 2.38. The number of ether oxygens (including phenoxy) is 1.